The van der Waals surface area contributed by atoms with Crippen LogP contribution in [-0.2, 0) is 10.0 Å². The minimum absolute atomic E-state index is 0.0280. The lowest BCUT2D eigenvalue weighted by molar-refractivity contribution is 0.246. The Bertz CT molecular complexity index is 284. The molecule has 90 valence electrons. The molecule has 15 heavy (non-hydrogen) atoms. The minimum Gasteiger partial charge on any atom is -0.395 e. The molecular formula is C9H20N2O3S. The first kappa shape index (κ1) is 12.9. The van der Waals surface area contributed by atoms with Gasteiger partial charge in [-0.25, -0.2) is 13.1 Å². The van der Waals surface area contributed by atoms with E-state index in [9.17, 15) is 8.42 Å². The first-order valence-corrected chi connectivity index (χ1v) is 6.81. The van der Waals surface area contributed by atoms with Crippen LogP contribution in [0.25, 0.3) is 0 Å². The SMILES string of the molecule is CC(CO)S(=O)(=O)NC1CCN(C)CC1. The molecule has 1 aliphatic heterocycles. The number of piperidine rings is 1. The van der Waals surface area contributed by atoms with Crippen LogP contribution in [-0.4, -0.2) is 56.5 Å². The molecule has 6 heteroatoms. The van der Waals surface area contributed by atoms with Crippen LogP contribution in [0.1, 0.15) is 19.8 Å². The lowest BCUT2D eigenvalue weighted by atomic mass is 10.1. The summed E-state index contributed by atoms with van der Waals surface area (Å²) in [5.41, 5.74) is 0. The largest absolute Gasteiger partial charge is 0.395 e. The van der Waals surface area contributed by atoms with Crippen LogP contribution in [0.15, 0.2) is 0 Å². The number of aliphatic hydroxyl groups is 1. The van der Waals surface area contributed by atoms with Gasteiger partial charge in [-0.05, 0) is 39.9 Å². The van der Waals surface area contributed by atoms with Crippen molar-refractivity contribution >= 4 is 10.0 Å². The maximum absolute atomic E-state index is 11.6. The minimum atomic E-state index is -3.35. The van der Waals surface area contributed by atoms with Crippen molar-refractivity contribution < 1.29 is 13.5 Å². The van der Waals surface area contributed by atoms with Gasteiger partial charge in [0.1, 0.15) is 0 Å². The fourth-order valence-corrected chi connectivity index (χ4v) is 2.70. The number of hydrogen-bond acceptors (Lipinski definition) is 4. The van der Waals surface area contributed by atoms with Crippen molar-refractivity contribution in [3.05, 3.63) is 0 Å². The molecule has 0 aromatic rings. The summed E-state index contributed by atoms with van der Waals surface area (Å²) in [6, 6.07) is 0.0280. The normalized spacial score (nSPS) is 22.9. The highest BCUT2D eigenvalue weighted by atomic mass is 32.2. The Kier molecular flexibility index (Phi) is 4.51. The van der Waals surface area contributed by atoms with Crippen LogP contribution >= 0.6 is 0 Å². The van der Waals surface area contributed by atoms with Crippen LogP contribution in [0.2, 0.25) is 0 Å². The fraction of sp³-hybridized carbons (Fsp3) is 1.00. The topological polar surface area (TPSA) is 69.6 Å². The Morgan fingerprint density at radius 1 is 1.47 bits per heavy atom. The fourth-order valence-electron chi connectivity index (χ4n) is 1.57. The van der Waals surface area contributed by atoms with Crippen LogP contribution < -0.4 is 4.72 Å². The maximum atomic E-state index is 11.6. The number of nitrogens with zero attached hydrogens (tertiary/aromatic N) is 1. The molecule has 0 aromatic heterocycles. The first-order chi connectivity index (χ1) is 6.95. The van der Waals surface area contributed by atoms with E-state index in [-0.39, 0.29) is 12.6 Å². The standard InChI is InChI=1S/C9H20N2O3S/c1-8(7-12)15(13,14)10-9-3-5-11(2)6-4-9/h8-10,12H,3-7H2,1-2H3. The zero-order valence-corrected chi connectivity index (χ0v) is 10.1. The monoisotopic (exact) mass is 236 g/mol. The molecule has 1 rings (SSSR count). The van der Waals surface area contributed by atoms with Crippen molar-refractivity contribution in [2.24, 2.45) is 0 Å². The van der Waals surface area contributed by atoms with E-state index in [1.54, 1.807) is 0 Å². The highest BCUT2D eigenvalue weighted by Crippen LogP contribution is 2.10. The third kappa shape index (κ3) is 3.71. The van der Waals surface area contributed by atoms with Gasteiger partial charge in [-0.3, -0.25) is 0 Å². The van der Waals surface area contributed by atoms with Gasteiger partial charge in [-0.15, -0.1) is 0 Å². The average molecular weight is 236 g/mol. The van der Waals surface area contributed by atoms with Gasteiger partial charge in [0, 0.05) is 6.04 Å². The van der Waals surface area contributed by atoms with E-state index in [0.29, 0.717) is 0 Å². The summed E-state index contributed by atoms with van der Waals surface area (Å²) in [4.78, 5) is 2.18. The van der Waals surface area contributed by atoms with E-state index >= 15 is 0 Å². The van der Waals surface area contributed by atoms with Crippen LogP contribution in [0, 0.1) is 0 Å². The Hall–Kier alpha value is -0.170. The van der Waals surface area contributed by atoms with Gasteiger partial charge in [-0.1, -0.05) is 0 Å². The number of hydrogen-bond donors (Lipinski definition) is 2. The average Bonchev–Trinajstić information content (AvgIpc) is 2.20. The number of nitrogens with one attached hydrogen (secondary N) is 1. The van der Waals surface area contributed by atoms with Crippen molar-refractivity contribution in [1.82, 2.24) is 9.62 Å². The van der Waals surface area contributed by atoms with Gasteiger partial charge in [0.15, 0.2) is 0 Å². The van der Waals surface area contributed by atoms with E-state index in [0.717, 1.165) is 25.9 Å². The van der Waals surface area contributed by atoms with Crippen molar-refractivity contribution in [3.8, 4) is 0 Å². The van der Waals surface area contributed by atoms with E-state index in [1.807, 2.05) is 7.05 Å². The third-order valence-corrected chi connectivity index (χ3v) is 4.71. The first-order valence-electron chi connectivity index (χ1n) is 5.26. The molecule has 1 aliphatic rings. The summed E-state index contributed by atoms with van der Waals surface area (Å²) in [5.74, 6) is 0. The Morgan fingerprint density at radius 2 is 2.00 bits per heavy atom. The molecule has 0 amide bonds. The summed E-state index contributed by atoms with van der Waals surface area (Å²) in [6.07, 6.45) is 1.68. The van der Waals surface area contributed by atoms with Gasteiger partial charge < -0.3 is 10.0 Å². The highest BCUT2D eigenvalue weighted by Gasteiger charge is 2.25. The second-order valence-electron chi connectivity index (χ2n) is 4.23. The van der Waals surface area contributed by atoms with Crippen molar-refractivity contribution in [3.63, 3.8) is 0 Å². The molecule has 0 aliphatic carbocycles. The summed E-state index contributed by atoms with van der Waals surface area (Å²) in [7, 11) is -1.32. The van der Waals surface area contributed by atoms with E-state index < -0.39 is 15.3 Å². The summed E-state index contributed by atoms with van der Waals surface area (Å²) in [6.45, 7) is 3.01. The Balaban J connectivity index is 2.48. The molecule has 0 bridgehead atoms. The molecule has 1 unspecified atom stereocenters. The number of sulfonamides is 1. The van der Waals surface area contributed by atoms with Gasteiger partial charge >= 0.3 is 0 Å². The number of aliphatic hydroxyl groups excluding tert-OH is 1. The van der Waals surface area contributed by atoms with Crippen LogP contribution in [0.4, 0.5) is 0 Å². The molecule has 1 saturated heterocycles. The molecule has 2 N–H and O–H groups in total. The van der Waals surface area contributed by atoms with Gasteiger partial charge in [-0.2, -0.15) is 0 Å². The van der Waals surface area contributed by atoms with Crippen molar-refractivity contribution in [2.75, 3.05) is 26.7 Å². The second kappa shape index (κ2) is 5.25. The molecule has 0 saturated carbocycles. The molecule has 0 radical (unpaired) electrons. The third-order valence-electron chi connectivity index (χ3n) is 2.84. The predicted octanol–water partition coefficient (Wildman–Crippen LogP) is -0.619. The quantitative estimate of drug-likeness (QED) is 0.682. The smallest absolute Gasteiger partial charge is 0.216 e. The van der Waals surface area contributed by atoms with Gasteiger partial charge in [0.25, 0.3) is 0 Å². The van der Waals surface area contributed by atoms with E-state index in [2.05, 4.69) is 9.62 Å². The maximum Gasteiger partial charge on any atom is 0.216 e. The van der Waals surface area contributed by atoms with Gasteiger partial charge in [0.05, 0.1) is 11.9 Å². The zero-order valence-electron chi connectivity index (χ0n) is 9.31. The van der Waals surface area contributed by atoms with Crippen LogP contribution in [0.3, 0.4) is 0 Å². The van der Waals surface area contributed by atoms with Crippen molar-refractivity contribution in [2.45, 2.75) is 31.1 Å². The highest BCUT2D eigenvalue weighted by molar-refractivity contribution is 7.90. The molecular weight excluding hydrogens is 216 g/mol. The molecule has 5 nitrogen and oxygen atoms in total. The van der Waals surface area contributed by atoms with Crippen LogP contribution in [0.5, 0.6) is 0 Å². The van der Waals surface area contributed by atoms with E-state index in [1.165, 1.54) is 6.92 Å². The Morgan fingerprint density at radius 3 is 2.47 bits per heavy atom. The van der Waals surface area contributed by atoms with Gasteiger partial charge in [0.2, 0.25) is 10.0 Å². The predicted molar refractivity (Wildman–Crippen MR) is 59.1 cm³/mol. The summed E-state index contributed by atoms with van der Waals surface area (Å²) >= 11 is 0. The number of likely N-dealkylation sites (tertiary alicyclic amines) is 1. The summed E-state index contributed by atoms with van der Waals surface area (Å²) < 4.78 is 25.9. The number of rotatable bonds is 4. The second-order valence-corrected chi connectivity index (χ2v) is 6.36. The molecule has 0 spiro atoms. The van der Waals surface area contributed by atoms with E-state index in [4.69, 9.17) is 5.11 Å². The molecule has 0 aromatic carbocycles. The lowest BCUT2D eigenvalue weighted by Gasteiger charge is -2.29. The molecule has 1 atom stereocenters. The zero-order chi connectivity index (χ0) is 11.5. The Labute approximate surface area is 91.5 Å². The van der Waals surface area contributed by atoms with Crippen molar-refractivity contribution in [1.29, 1.82) is 0 Å². The lowest BCUT2D eigenvalue weighted by Crippen LogP contribution is -2.46. The molecule has 1 fully saturated rings. The summed E-state index contributed by atoms with van der Waals surface area (Å²) in [5, 5.41) is 8.09. The molecule has 1 heterocycles.